The zero-order chi connectivity index (χ0) is 12.8. The van der Waals surface area contributed by atoms with Gasteiger partial charge < -0.3 is 0 Å². The van der Waals surface area contributed by atoms with Crippen molar-refractivity contribution in [3.05, 3.63) is 22.2 Å². The molecule has 1 fully saturated rings. The second-order valence-corrected chi connectivity index (χ2v) is 8.29. The van der Waals surface area contributed by atoms with Gasteiger partial charge in [-0.25, -0.2) is 0 Å². The molecule has 0 saturated heterocycles. The van der Waals surface area contributed by atoms with Crippen LogP contribution in [0.5, 0.6) is 0 Å². The molecule has 2 bridgehead atoms. The first-order chi connectivity index (χ1) is 7.70. The van der Waals surface area contributed by atoms with Crippen LogP contribution >= 0.6 is 105 Å². The van der Waals surface area contributed by atoms with Gasteiger partial charge in [0.25, 0.3) is 0 Å². The highest BCUT2D eigenvalue weighted by molar-refractivity contribution is 7.59. The predicted octanol–water partition coefficient (Wildman–Crippen LogP) is 5.41. The number of halogens is 7. The Morgan fingerprint density at radius 3 is 1.89 bits per heavy atom. The van der Waals surface area contributed by atoms with Crippen LogP contribution in [-0.4, -0.2) is 19.5 Å². The molecule has 6 unspecified atom stereocenters. The monoisotopic (exact) mass is 438 g/mol. The average molecular weight is 441 g/mol. The van der Waals surface area contributed by atoms with Crippen molar-refractivity contribution < 1.29 is 0 Å². The fourth-order valence-corrected chi connectivity index (χ4v) is 6.60. The number of fused-ring (bicyclic) bond motifs is 5. The molecule has 3 aliphatic rings. The van der Waals surface area contributed by atoms with Crippen LogP contribution < -0.4 is 0 Å². The van der Waals surface area contributed by atoms with Gasteiger partial charge >= 0.3 is 0 Å². The fraction of sp³-hybridized carbons (Fsp3) is 0.600. The van der Waals surface area contributed by atoms with Gasteiger partial charge in [-0.3, -0.25) is 0 Å². The largest absolute Gasteiger partial charge is 0.197 e. The van der Waals surface area contributed by atoms with Crippen LogP contribution in [0.1, 0.15) is 0 Å². The Hall–Kier alpha value is 2.29. The van der Waals surface area contributed by atoms with E-state index in [0.717, 1.165) is 0 Å². The van der Waals surface area contributed by atoms with Crippen LogP contribution in [0, 0.1) is 11.8 Å². The van der Waals surface area contributed by atoms with Crippen LogP contribution in [-0.2, 0) is 0 Å². The minimum atomic E-state index is -1.48. The lowest BCUT2D eigenvalue weighted by atomic mass is 9.84. The summed E-state index contributed by atoms with van der Waals surface area (Å²) in [5.41, 5.74) is 0. The Balaban J connectivity index is 0.000000902. The van der Waals surface area contributed by atoms with Crippen molar-refractivity contribution in [3.8, 4) is 0 Å². The van der Waals surface area contributed by atoms with E-state index in [1.807, 2.05) is 12.2 Å². The molecule has 0 aromatic heterocycles. The molecule has 19 heavy (non-hydrogen) atoms. The number of alkyl halides is 5. The van der Waals surface area contributed by atoms with Gasteiger partial charge in [0.1, 0.15) is 9.75 Å². The van der Waals surface area contributed by atoms with Gasteiger partial charge in [-0.05, 0) is 0 Å². The molecular formula is C10H10Cl7PS. The average Bonchev–Trinajstić information content (AvgIpc) is 2.73. The van der Waals surface area contributed by atoms with Gasteiger partial charge in [0, 0.05) is 11.8 Å². The van der Waals surface area contributed by atoms with E-state index in [-0.39, 0.29) is 50.7 Å². The van der Waals surface area contributed by atoms with Crippen molar-refractivity contribution in [2.75, 3.05) is 0 Å². The zero-order valence-electron chi connectivity index (χ0n) is 9.24. The predicted molar refractivity (Wildman–Crippen MR) is 97.6 cm³/mol. The van der Waals surface area contributed by atoms with Crippen LogP contribution in [0.15, 0.2) is 22.2 Å². The smallest absolute Gasteiger partial charge is 0.167 e. The molecule has 0 spiro atoms. The van der Waals surface area contributed by atoms with Crippen molar-refractivity contribution in [1.82, 2.24) is 0 Å². The van der Waals surface area contributed by atoms with E-state index in [1.54, 1.807) is 0 Å². The summed E-state index contributed by atoms with van der Waals surface area (Å²) < 4.78 is -1.48. The van der Waals surface area contributed by atoms with Crippen LogP contribution in [0.3, 0.4) is 0 Å². The zero-order valence-corrected chi connectivity index (χ0v) is 16.9. The summed E-state index contributed by atoms with van der Waals surface area (Å²) in [5, 5.41) is 0.113. The van der Waals surface area contributed by atoms with E-state index >= 15 is 0 Å². The molecule has 1 saturated carbocycles. The fourth-order valence-electron chi connectivity index (χ4n) is 3.08. The SMILES string of the molecule is ClC1=C(Cl)C2(Cl)C3C(Cl)C=CC3C1(Cl)C2(Cl)Cl.P.S. The summed E-state index contributed by atoms with van der Waals surface area (Å²) >= 11 is 44.5. The Bertz CT molecular complexity index is 478. The molecule has 6 atom stereocenters. The standard InChI is InChI=1S/C10H5Cl7.H3P.H2S/c11-4-2-1-3-5(4)9(15)7(13)6(12)8(3,14)10(9,16)17;;/h1-5H;1H3;1H2. The summed E-state index contributed by atoms with van der Waals surface area (Å²) in [6, 6.07) is 0. The lowest BCUT2D eigenvalue weighted by molar-refractivity contribution is 0.420. The molecule has 9 heteroatoms. The minimum Gasteiger partial charge on any atom is -0.197 e. The number of hydrogen-bond donors (Lipinski definition) is 0. The number of hydrogen-bond acceptors (Lipinski definition) is 0. The molecule has 0 nitrogen and oxygen atoms in total. The van der Waals surface area contributed by atoms with Crippen molar-refractivity contribution in [3.63, 3.8) is 0 Å². The Labute approximate surface area is 157 Å². The minimum absolute atomic E-state index is 0. The van der Waals surface area contributed by atoms with E-state index in [2.05, 4.69) is 0 Å². The molecule has 3 rings (SSSR count). The number of rotatable bonds is 0. The second kappa shape index (κ2) is 5.43. The lowest BCUT2D eigenvalue weighted by Gasteiger charge is -2.34. The van der Waals surface area contributed by atoms with E-state index < -0.39 is 14.1 Å². The first kappa shape index (κ1) is 19.3. The quantitative estimate of drug-likeness (QED) is 0.268. The third-order valence-corrected chi connectivity index (χ3v) is 8.61. The van der Waals surface area contributed by atoms with Crippen LogP contribution in [0.2, 0.25) is 0 Å². The Morgan fingerprint density at radius 2 is 1.37 bits per heavy atom. The normalized spacial score (nSPS) is 48.9. The highest BCUT2D eigenvalue weighted by Crippen LogP contribution is 2.78. The van der Waals surface area contributed by atoms with Crippen molar-refractivity contribution >= 4 is 105 Å². The van der Waals surface area contributed by atoms with Crippen molar-refractivity contribution in [1.29, 1.82) is 0 Å². The van der Waals surface area contributed by atoms with Gasteiger partial charge in [-0.2, -0.15) is 23.4 Å². The highest BCUT2D eigenvalue weighted by atomic mass is 35.5. The van der Waals surface area contributed by atoms with Gasteiger partial charge in [-0.15, -0.1) is 34.8 Å². The topological polar surface area (TPSA) is 0 Å². The Morgan fingerprint density at radius 1 is 0.895 bits per heavy atom. The van der Waals surface area contributed by atoms with E-state index in [4.69, 9.17) is 81.2 Å². The first-order valence-electron chi connectivity index (χ1n) is 4.85. The maximum atomic E-state index is 6.57. The molecule has 0 heterocycles. The van der Waals surface area contributed by atoms with Crippen molar-refractivity contribution in [2.24, 2.45) is 11.8 Å². The number of allylic oxidation sites excluding steroid dienone is 4. The first-order valence-corrected chi connectivity index (χ1v) is 7.55. The summed E-state index contributed by atoms with van der Waals surface area (Å²) in [5.74, 6) is -0.470. The summed E-state index contributed by atoms with van der Waals surface area (Å²) in [7, 11) is 0. The molecular weight excluding hydrogens is 431 g/mol. The Kier molecular flexibility index (Phi) is 5.53. The van der Waals surface area contributed by atoms with Gasteiger partial charge in [0.2, 0.25) is 0 Å². The molecule has 0 N–H and O–H groups in total. The molecule has 110 valence electrons. The maximum Gasteiger partial charge on any atom is 0.167 e. The highest BCUT2D eigenvalue weighted by Gasteiger charge is 2.83. The summed E-state index contributed by atoms with van der Waals surface area (Å²) in [4.78, 5) is -2.45. The molecule has 0 radical (unpaired) electrons. The summed E-state index contributed by atoms with van der Waals surface area (Å²) in [6.45, 7) is 0. The van der Waals surface area contributed by atoms with Gasteiger partial charge in [-0.1, -0.05) is 58.6 Å². The molecule has 0 aliphatic heterocycles. The molecule has 0 aromatic rings. The third kappa shape index (κ3) is 1.81. The van der Waals surface area contributed by atoms with Gasteiger partial charge in [0.05, 0.1) is 15.4 Å². The van der Waals surface area contributed by atoms with Crippen LogP contribution in [0.25, 0.3) is 0 Å². The molecule has 0 aromatic carbocycles. The maximum absolute atomic E-state index is 6.57. The lowest BCUT2D eigenvalue weighted by Crippen LogP contribution is -2.45. The van der Waals surface area contributed by atoms with E-state index in [0.29, 0.717) is 0 Å². The summed E-state index contributed by atoms with van der Waals surface area (Å²) in [6.07, 6.45) is 3.69. The van der Waals surface area contributed by atoms with Gasteiger partial charge in [0.15, 0.2) is 4.33 Å². The van der Waals surface area contributed by atoms with Crippen molar-refractivity contribution in [2.45, 2.75) is 19.5 Å². The second-order valence-electron chi connectivity index (χ2n) is 4.51. The van der Waals surface area contributed by atoms with E-state index in [9.17, 15) is 0 Å². The molecule has 3 aliphatic carbocycles. The third-order valence-electron chi connectivity index (χ3n) is 3.90. The molecule has 0 amide bonds. The van der Waals surface area contributed by atoms with E-state index in [1.165, 1.54) is 0 Å². The van der Waals surface area contributed by atoms with Crippen LogP contribution in [0.4, 0.5) is 0 Å².